The average Bonchev–Trinajstić information content (AvgIpc) is 2.48. The van der Waals surface area contributed by atoms with Gasteiger partial charge in [-0.1, -0.05) is 29.8 Å². The highest BCUT2D eigenvalue weighted by Gasteiger charge is 2.42. The lowest BCUT2D eigenvalue weighted by Gasteiger charge is -2.13. The van der Waals surface area contributed by atoms with Gasteiger partial charge in [-0.25, -0.2) is 14.0 Å². The van der Waals surface area contributed by atoms with E-state index < -0.39 is 24.1 Å². The van der Waals surface area contributed by atoms with Crippen molar-refractivity contribution in [3.05, 3.63) is 53.8 Å². The number of hydrogen-bond donors (Lipinski definition) is 1. The van der Waals surface area contributed by atoms with Crippen molar-refractivity contribution in [3.8, 4) is 11.1 Å². The van der Waals surface area contributed by atoms with Crippen LogP contribution in [0.2, 0.25) is 0 Å². The summed E-state index contributed by atoms with van der Waals surface area (Å²) in [5.41, 5.74) is 1.12. The number of benzene rings is 2. The molecule has 2 aromatic carbocycles. The number of hydrogen-bond acceptors (Lipinski definition) is 3. The highest BCUT2D eigenvalue weighted by molar-refractivity contribution is 5.97. The summed E-state index contributed by atoms with van der Waals surface area (Å²) >= 11 is 0. The predicted octanol–water partition coefficient (Wildman–Crippen LogP) is 4.44. The van der Waals surface area contributed by atoms with E-state index in [-0.39, 0.29) is 16.8 Å². The Labute approximate surface area is 134 Å². The molecule has 0 saturated heterocycles. The van der Waals surface area contributed by atoms with Gasteiger partial charge in [-0.15, -0.1) is 0 Å². The second kappa shape index (κ2) is 6.69. The van der Waals surface area contributed by atoms with E-state index >= 15 is 0 Å². The van der Waals surface area contributed by atoms with Gasteiger partial charge < -0.3 is 4.74 Å². The molecule has 0 aliphatic rings. The molecule has 0 spiro atoms. The van der Waals surface area contributed by atoms with Crippen molar-refractivity contribution in [1.82, 2.24) is 0 Å². The molecule has 0 aliphatic heterocycles. The van der Waals surface area contributed by atoms with Crippen LogP contribution in [0.5, 0.6) is 0 Å². The third kappa shape index (κ3) is 4.09. The van der Waals surface area contributed by atoms with Crippen LogP contribution in [0.15, 0.2) is 42.5 Å². The van der Waals surface area contributed by atoms with Gasteiger partial charge in [0.2, 0.25) is 0 Å². The number of amides is 1. The Kier molecular flexibility index (Phi) is 4.87. The van der Waals surface area contributed by atoms with Gasteiger partial charge in [0.05, 0.1) is 5.69 Å². The molecule has 0 aromatic heterocycles. The maximum absolute atomic E-state index is 13.9. The van der Waals surface area contributed by atoms with Crippen LogP contribution in [0, 0.1) is 12.7 Å². The van der Waals surface area contributed by atoms with Crippen LogP contribution in [-0.2, 0) is 9.53 Å². The number of nitrogens with one attached hydrogen (secondary N) is 1. The van der Waals surface area contributed by atoms with Crippen LogP contribution < -0.4 is 5.32 Å². The standard InChI is InChI=1S/C16H11F4NO3/c1-9-6-7-13(21-15(23)24-14(22)16(18,19)20)11(8-9)10-4-2-3-5-12(10)17/h2-8H,1H3,(H,21,23). The fourth-order valence-corrected chi connectivity index (χ4v) is 1.95. The van der Waals surface area contributed by atoms with E-state index in [1.807, 2.05) is 5.32 Å². The smallest absolute Gasteiger partial charge is 0.369 e. The molecule has 0 aliphatic carbocycles. The number of aryl methyl sites for hydroxylation is 1. The number of carbonyl (C=O) groups is 2. The Morgan fingerprint density at radius 2 is 1.71 bits per heavy atom. The fourth-order valence-electron chi connectivity index (χ4n) is 1.95. The summed E-state index contributed by atoms with van der Waals surface area (Å²) in [5.74, 6) is -3.22. The normalized spacial score (nSPS) is 11.0. The summed E-state index contributed by atoms with van der Waals surface area (Å²) in [6.07, 6.45) is -6.90. The summed E-state index contributed by atoms with van der Waals surface area (Å²) in [4.78, 5) is 22.1. The van der Waals surface area contributed by atoms with Crippen molar-refractivity contribution >= 4 is 17.7 Å². The predicted molar refractivity (Wildman–Crippen MR) is 77.7 cm³/mol. The number of alkyl halides is 3. The molecule has 0 unspecified atom stereocenters. The maximum Gasteiger partial charge on any atom is 0.491 e. The van der Waals surface area contributed by atoms with Crippen LogP contribution in [0.4, 0.5) is 28.0 Å². The van der Waals surface area contributed by atoms with Crippen LogP contribution in [-0.4, -0.2) is 18.2 Å². The maximum atomic E-state index is 13.9. The van der Waals surface area contributed by atoms with Crippen LogP contribution >= 0.6 is 0 Å². The Bertz CT molecular complexity index is 787. The summed E-state index contributed by atoms with van der Waals surface area (Å²) in [5, 5.41) is 2.02. The van der Waals surface area contributed by atoms with E-state index in [0.717, 1.165) is 5.56 Å². The molecule has 0 saturated carbocycles. The Morgan fingerprint density at radius 1 is 1.04 bits per heavy atom. The van der Waals surface area contributed by atoms with Crippen molar-refractivity contribution in [2.45, 2.75) is 13.1 Å². The first-order valence-electron chi connectivity index (χ1n) is 6.64. The zero-order valence-electron chi connectivity index (χ0n) is 12.3. The Morgan fingerprint density at radius 3 is 2.33 bits per heavy atom. The van der Waals surface area contributed by atoms with Gasteiger partial charge in [0.25, 0.3) is 0 Å². The fraction of sp³-hybridized carbons (Fsp3) is 0.125. The number of esters is 1. The van der Waals surface area contributed by atoms with E-state index in [4.69, 9.17) is 0 Å². The topological polar surface area (TPSA) is 55.4 Å². The van der Waals surface area contributed by atoms with Gasteiger partial charge in [-0.05, 0) is 25.1 Å². The molecule has 0 heterocycles. The number of carbonyl (C=O) groups excluding carboxylic acids is 2. The van der Waals surface area contributed by atoms with Gasteiger partial charge in [-0.3, -0.25) is 5.32 Å². The lowest BCUT2D eigenvalue weighted by Crippen LogP contribution is -2.30. The van der Waals surface area contributed by atoms with E-state index in [1.165, 1.54) is 24.3 Å². The zero-order valence-corrected chi connectivity index (χ0v) is 12.3. The molecule has 4 nitrogen and oxygen atoms in total. The lowest BCUT2D eigenvalue weighted by atomic mass is 10.0. The summed E-state index contributed by atoms with van der Waals surface area (Å²) in [6, 6.07) is 10.2. The van der Waals surface area contributed by atoms with Crippen LogP contribution in [0.25, 0.3) is 11.1 Å². The number of halogens is 4. The highest BCUT2D eigenvalue weighted by Crippen LogP contribution is 2.31. The number of ether oxygens (including phenoxy) is 1. The van der Waals surface area contributed by atoms with Gasteiger partial charge in [0.15, 0.2) is 0 Å². The molecule has 0 atom stereocenters. The molecule has 8 heteroatoms. The lowest BCUT2D eigenvalue weighted by molar-refractivity contribution is -0.192. The van der Waals surface area contributed by atoms with Crippen LogP contribution in [0.1, 0.15) is 5.56 Å². The van der Waals surface area contributed by atoms with Crippen molar-refractivity contribution in [2.24, 2.45) is 0 Å². The van der Waals surface area contributed by atoms with Gasteiger partial charge in [0.1, 0.15) is 5.82 Å². The first-order valence-corrected chi connectivity index (χ1v) is 6.64. The molecular weight excluding hydrogens is 330 g/mol. The van der Waals surface area contributed by atoms with E-state index in [1.54, 1.807) is 25.1 Å². The van der Waals surface area contributed by atoms with E-state index in [9.17, 15) is 27.2 Å². The molecule has 24 heavy (non-hydrogen) atoms. The second-order valence-corrected chi connectivity index (χ2v) is 4.83. The third-order valence-electron chi connectivity index (χ3n) is 2.99. The minimum atomic E-state index is -5.29. The molecule has 2 rings (SSSR count). The minimum absolute atomic E-state index is 0.00525. The number of rotatable bonds is 2. The van der Waals surface area contributed by atoms with E-state index in [2.05, 4.69) is 4.74 Å². The molecule has 1 amide bonds. The molecule has 0 bridgehead atoms. The summed E-state index contributed by atoms with van der Waals surface area (Å²) in [6.45, 7) is 1.72. The quantitative estimate of drug-likeness (QED) is 0.499. The molecule has 1 N–H and O–H groups in total. The van der Waals surface area contributed by atoms with Gasteiger partial charge in [-0.2, -0.15) is 13.2 Å². The summed E-state index contributed by atoms with van der Waals surface area (Å²) in [7, 11) is 0. The first-order chi connectivity index (χ1) is 11.2. The monoisotopic (exact) mass is 341 g/mol. The Hall–Kier alpha value is -2.90. The first kappa shape index (κ1) is 17.5. The van der Waals surface area contributed by atoms with Crippen LogP contribution in [0.3, 0.4) is 0 Å². The SMILES string of the molecule is Cc1ccc(NC(=O)OC(=O)C(F)(F)F)c(-c2ccccc2F)c1. The molecule has 2 aromatic rings. The second-order valence-electron chi connectivity index (χ2n) is 4.83. The third-order valence-corrected chi connectivity index (χ3v) is 2.99. The van der Waals surface area contributed by atoms with E-state index in [0.29, 0.717) is 0 Å². The van der Waals surface area contributed by atoms with Crippen molar-refractivity contribution in [3.63, 3.8) is 0 Å². The molecular formula is C16H11F4NO3. The van der Waals surface area contributed by atoms with Gasteiger partial charge >= 0.3 is 18.2 Å². The summed E-state index contributed by atoms with van der Waals surface area (Å²) < 4.78 is 53.9. The molecule has 0 fully saturated rings. The van der Waals surface area contributed by atoms with Crippen molar-refractivity contribution in [2.75, 3.05) is 5.32 Å². The number of anilines is 1. The Balaban J connectivity index is 2.30. The van der Waals surface area contributed by atoms with Crippen molar-refractivity contribution < 1.29 is 31.9 Å². The molecule has 0 radical (unpaired) electrons. The molecule has 126 valence electrons. The van der Waals surface area contributed by atoms with Gasteiger partial charge in [0, 0.05) is 11.1 Å². The average molecular weight is 341 g/mol. The largest absolute Gasteiger partial charge is 0.491 e. The minimum Gasteiger partial charge on any atom is -0.369 e. The zero-order chi connectivity index (χ0) is 17.9. The van der Waals surface area contributed by atoms with Crippen molar-refractivity contribution in [1.29, 1.82) is 0 Å². The highest BCUT2D eigenvalue weighted by atomic mass is 19.4.